The summed E-state index contributed by atoms with van der Waals surface area (Å²) in [5.74, 6) is 1.87. The van der Waals surface area contributed by atoms with Crippen LogP contribution in [0.1, 0.15) is 51.0 Å². The maximum absolute atomic E-state index is 13.2. The van der Waals surface area contributed by atoms with E-state index >= 15 is 0 Å². The molecule has 1 fully saturated rings. The van der Waals surface area contributed by atoms with Crippen LogP contribution in [0.3, 0.4) is 0 Å². The fourth-order valence-corrected chi connectivity index (χ4v) is 8.27. The molecular weight excluding hydrogens is 610 g/mol. The van der Waals surface area contributed by atoms with Crippen molar-refractivity contribution in [2.75, 3.05) is 34.2 Å². The maximum Gasteiger partial charge on any atom is 0.330 e. The molecule has 0 aliphatic carbocycles. The van der Waals surface area contributed by atoms with Gasteiger partial charge in [0, 0.05) is 40.4 Å². The van der Waals surface area contributed by atoms with Gasteiger partial charge >= 0.3 is 5.97 Å². The quantitative estimate of drug-likeness (QED) is 0.195. The Morgan fingerprint density at radius 2 is 1.90 bits per heavy atom. The minimum Gasteiger partial charge on any atom is -0.504 e. The van der Waals surface area contributed by atoms with Gasteiger partial charge in [-0.2, -0.15) is 5.26 Å². The number of aryl methyl sites for hydroxylation is 1. The van der Waals surface area contributed by atoms with Gasteiger partial charge < -0.3 is 28.8 Å². The van der Waals surface area contributed by atoms with Gasteiger partial charge in [-0.25, -0.2) is 4.79 Å². The van der Waals surface area contributed by atoms with Gasteiger partial charge in [0.2, 0.25) is 6.79 Å². The Bertz CT molecular complexity index is 1850. The number of hydrogen-bond acceptors (Lipinski definition) is 10. The summed E-state index contributed by atoms with van der Waals surface area (Å²) in [6.45, 7) is 7.99. The number of phenols is 1. The third-order valence-corrected chi connectivity index (χ3v) is 10.2. The van der Waals surface area contributed by atoms with Gasteiger partial charge in [0.1, 0.15) is 25.0 Å². The zero-order valence-electron chi connectivity index (χ0n) is 27.6. The minimum absolute atomic E-state index is 0.0410. The van der Waals surface area contributed by atoms with Gasteiger partial charge in [-0.05, 0) is 56.5 Å². The number of nitrogens with zero attached hydrogens (tertiary/aromatic N) is 3. The van der Waals surface area contributed by atoms with Crippen molar-refractivity contribution in [2.45, 2.75) is 56.9 Å². The predicted octanol–water partition coefficient (Wildman–Crippen LogP) is 5.34. The van der Waals surface area contributed by atoms with E-state index in [9.17, 15) is 15.2 Å². The first-order valence-electron chi connectivity index (χ1n) is 16.2. The number of likely N-dealkylation sites (N-methyl/N-ethyl adjacent to an activating group) is 1. The molecule has 3 aromatic carbocycles. The summed E-state index contributed by atoms with van der Waals surface area (Å²) in [6, 6.07) is 12.3. The summed E-state index contributed by atoms with van der Waals surface area (Å²) in [5, 5.41) is 22.6. The van der Waals surface area contributed by atoms with Crippen LogP contribution in [-0.4, -0.2) is 73.2 Å². The average molecular weight is 650 g/mol. The number of phenolic OH excluding ortho intramolecular Hbond substituents is 1. The molecule has 4 aliphatic rings. The van der Waals surface area contributed by atoms with E-state index in [4.69, 9.17) is 23.7 Å². The molecule has 0 radical (unpaired) electrons. The number of aromatic hydroxyl groups is 1. The molecule has 10 heteroatoms. The lowest BCUT2D eigenvalue weighted by atomic mass is 9.71. The van der Waals surface area contributed by atoms with E-state index in [2.05, 4.69) is 28.5 Å². The van der Waals surface area contributed by atoms with E-state index < -0.39 is 18.1 Å². The lowest BCUT2D eigenvalue weighted by Crippen LogP contribution is -2.68. The molecule has 2 bridgehead atoms. The molecule has 248 valence electrons. The Morgan fingerprint density at radius 1 is 1.12 bits per heavy atom. The van der Waals surface area contributed by atoms with Crippen LogP contribution in [0.25, 0.3) is 6.08 Å². The Kier molecular flexibility index (Phi) is 8.27. The monoisotopic (exact) mass is 649 g/mol. The van der Waals surface area contributed by atoms with Gasteiger partial charge in [0.15, 0.2) is 23.0 Å². The van der Waals surface area contributed by atoms with Crippen LogP contribution in [0.2, 0.25) is 0 Å². The van der Waals surface area contributed by atoms with Crippen molar-refractivity contribution < 1.29 is 33.6 Å². The first-order valence-corrected chi connectivity index (χ1v) is 16.2. The Balaban J connectivity index is 1.39. The molecule has 7 rings (SSSR count). The highest BCUT2D eigenvalue weighted by Gasteiger charge is 2.57. The highest BCUT2D eigenvalue weighted by Crippen LogP contribution is 2.58. The SMILES string of the molecule is C=CCOc1c(C)c2c(c3c1CC1[C@@H]4c5c(cc(C)c(OC)c5O)C[C@H]([C@H](C#N)N1[C@H]3COC(=O)/C=C/c1ccccc1)N4C)OCO2. The number of hydrogen-bond donors (Lipinski definition) is 1. The summed E-state index contributed by atoms with van der Waals surface area (Å²) in [4.78, 5) is 17.6. The molecule has 4 aliphatic heterocycles. The largest absolute Gasteiger partial charge is 0.504 e. The third kappa shape index (κ3) is 4.97. The molecule has 3 aromatic rings. The summed E-state index contributed by atoms with van der Waals surface area (Å²) in [6.07, 6.45) is 5.86. The molecule has 0 aromatic heterocycles. The first-order chi connectivity index (χ1) is 23.3. The molecule has 0 saturated carbocycles. The number of nitriles is 1. The zero-order valence-corrected chi connectivity index (χ0v) is 27.6. The highest BCUT2D eigenvalue weighted by molar-refractivity contribution is 5.87. The van der Waals surface area contributed by atoms with Gasteiger partial charge in [-0.1, -0.05) is 49.1 Å². The van der Waals surface area contributed by atoms with Crippen LogP contribution in [0.15, 0.2) is 55.1 Å². The van der Waals surface area contributed by atoms with E-state index in [0.717, 1.165) is 38.9 Å². The van der Waals surface area contributed by atoms with Crippen molar-refractivity contribution >= 4 is 12.0 Å². The number of carbonyl (C=O) groups excluding carboxylic acids is 1. The van der Waals surface area contributed by atoms with E-state index in [1.807, 2.05) is 51.2 Å². The maximum atomic E-state index is 13.2. The lowest BCUT2D eigenvalue weighted by Gasteiger charge is -2.59. The number of rotatable bonds is 8. The second-order valence-electron chi connectivity index (χ2n) is 12.7. The molecule has 1 N–H and O–H groups in total. The molecule has 48 heavy (non-hydrogen) atoms. The van der Waals surface area contributed by atoms with Crippen LogP contribution < -0.4 is 18.9 Å². The second-order valence-corrected chi connectivity index (χ2v) is 12.7. The summed E-state index contributed by atoms with van der Waals surface area (Å²) >= 11 is 0. The van der Waals surface area contributed by atoms with Crippen LogP contribution >= 0.6 is 0 Å². The van der Waals surface area contributed by atoms with Gasteiger partial charge in [-0.3, -0.25) is 9.80 Å². The van der Waals surface area contributed by atoms with Crippen LogP contribution in [-0.2, 0) is 22.4 Å². The molecule has 10 nitrogen and oxygen atoms in total. The van der Waals surface area contributed by atoms with Crippen molar-refractivity contribution in [2.24, 2.45) is 0 Å². The summed E-state index contributed by atoms with van der Waals surface area (Å²) in [5.41, 5.74) is 6.00. The molecule has 4 heterocycles. The number of esters is 1. The molecule has 1 unspecified atom stereocenters. The fourth-order valence-electron chi connectivity index (χ4n) is 8.27. The zero-order chi connectivity index (χ0) is 33.7. The van der Waals surface area contributed by atoms with E-state index in [-0.39, 0.29) is 43.9 Å². The second kappa shape index (κ2) is 12.6. The van der Waals surface area contributed by atoms with Crippen LogP contribution in [0.4, 0.5) is 0 Å². The summed E-state index contributed by atoms with van der Waals surface area (Å²) in [7, 11) is 3.58. The predicted molar refractivity (Wildman–Crippen MR) is 178 cm³/mol. The van der Waals surface area contributed by atoms with Crippen molar-refractivity contribution in [3.63, 3.8) is 0 Å². The van der Waals surface area contributed by atoms with Crippen LogP contribution in [0, 0.1) is 25.2 Å². The van der Waals surface area contributed by atoms with Crippen molar-refractivity contribution in [3.05, 3.63) is 94.1 Å². The normalized spacial score (nSPS) is 23.9. The standard InChI is InChI=1S/C38H39N3O7/c1-6-14-45-36-22(3)37-38(48-20-47-37)32-25(36)17-27-33-31-24(15-21(2)35(44-5)34(31)43)16-26(40(33)4)28(18-39)41(27)29(32)19-46-30(42)13-12-23-10-8-7-9-11-23/h6-13,15,26-29,33,43H,1,14,16-17,19-20H2,2-5H3/b13-12+/t26-,27?,28+,29+,33-/m1/s1. The Labute approximate surface area is 280 Å². The molecular formula is C38H39N3O7. The number of ether oxygens (including phenoxy) is 5. The molecule has 0 amide bonds. The number of fused-ring (bicyclic) bond motifs is 9. The Hall–Kier alpha value is -4.98. The van der Waals surface area contributed by atoms with Gasteiger partial charge in [0.25, 0.3) is 0 Å². The Morgan fingerprint density at radius 3 is 2.62 bits per heavy atom. The number of piperazine rings is 1. The topological polar surface area (TPSA) is 114 Å². The molecule has 0 spiro atoms. The van der Waals surface area contributed by atoms with Gasteiger partial charge in [-0.15, -0.1) is 0 Å². The first kappa shape index (κ1) is 31.6. The lowest BCUT2D eigenvalue weighted by molar-refractivity contribution is -0.143. The smallest absolute Gasteiger partial charge is 0.330 e. The number of carbonyl (C=O) groups is 1. The van der Waals surface area contributed by atoms with Gasteiger partial charge in [0.05, 0.1) is 25.3 Å². The minimum atomic E-state index is -0.575. The van der Waals surface area contributed by atoms with Crippen LogP contribution in [0.5, 0.6) is 28.7 Å². The average Bonchev–Trinajstić information content (AvgIpc) is 3.58. The summed E-state index contributed by atoms with van der Waals surface area (Å²) < 4.78 is 30.1. The van der Waals surface area contributed by atoms with Crippen molar-refractivity contribution in [1.29, 1.82) is 5.26 Å². The van der Waals surface area contributed by atoms with Crippen molar-refractivity contribution in [1.82, 2.24) is 9.80 Å². The number of methoxy groups -OCH3 is 1. The number of benzene rings is 3. The van der Waals surface area contributed by atoms with Crippen molar-refractivity contribution in [3.8, 4) is 34.8 Å². The fraction of sp³-hybridized carbons (Fsp3) is 0.368. The van der Waals surface area contributed by atoms with E-state index in [1.165, 1.54) is 6.08 Å². The molecule has 5 atom stereocenters. The molecule has 1 saturated heterocycles. The van der Waals surface area contributed by atoms with E-state index in [1.54, 1.807) is 19.3 Å². The van der Waals surface area contributed by atoms with E-state index in [0.29, 0.717) is 35.8 Å². The third-order valence-electron chi connectivity index (χ3n) is 10.2. The highest BCUT2D eigenvalue weighted by atomic mass is 16.7.